The van der Waals surface area contributed by atoms with Crippen LogP contribution in [-0.2, 0) is 18.3 Å². The van der Waals surface area contributed by atoms with Crippen LogP contribution in [0.15, 0.2) is 115 Å². The highest BCUT2D eigenvalue weighted by Crippen LogP contribution is 2.67. The van der Waals surface area contributed by atoms with Crippen LogP contribution in [0.25, 0.3) is 0 Å². The lowest BCUT2D eigenvalue weighted by atomic mass is 10.0. The molecule has 0 aromatic heterocycles. The normalized spacial score (nSPS) is 14.3. The second-order valence-corrected chi connectivity index (χ2v) is 17.9. The van der Waals surface area contributed by atoms with Gasteiger partial charge in [-0.1, -0.05) is 103 Å². The molecule has 0 aliphatic rings. The highest BCUT2D eigenvalue weighted by molar-refractivity contribution is 8.52. The molecule has 5 nitrogen and oxygen atoms in total. The Morgan fingerprint density at radius 2 is 1.00 bits per heavy atom. The molecule has 0 saturated carbocycles. The van der Waals surface area contributed by atoms with Gasteiger partial charge in [0, 0.05) is 21.5 Å². The maximum atomic E-state index is 15.1. The monoisotopic (exact) mass is 536 g/mol. The smallest absolute Gasteiger partial charge is 0.285 e. The van der Waals surface area contributed by atoms with E-state index < -0.39 is 35.6 Å². The maximum absolute atomic E-state index is 15.1. The average molecular weight is 536 g/mol. The Morgan fingerprint density at radius 1 is 0.571 bits per heavy atom. The van der Waals surface area contributed by atoms with Crippen molar-refractivity contribution in [1.82, 2.24) is 0 Å². The Labute approximate surface area is 206 Å². The van der Waals surface area contributed by atoms with Gasteiger partial charge in [-0.15, -0.1) is 0 Å². The van der Waals surface area contributed by atoms with Crippen LogP contribution < -0.4 is 15.9 Å². The molecule has 0 fully saturated rings. The van der Waals surface area contributed by atoms with Crippen LogP contribution in [0, 0.1) is 0 Å². The SMILES string of the molecule is O=PP(=O)(P=O)c1ccc(C(=O)C(c2ccccc2)P(=O)(c2ccccc2)c2ccccc2)cc1. The van der Waals surface area contributed by atoms with Crippen LogP contribution in [0.5, 0.6) is 0 Å². The number of carbonyl (C=O) groups excluding carboxylic acids is 1. The minimum atomic E-state index is -3.63. The third-order valence-electron chi connectivity index (χ3n) is 5.72. The lowest BCUT2D eigenvalue weighted by Gasteiger charge is -2.28. The van der Waals surface area contributed by atoms with Crippen molar-refractivity contribution < 1.29 is 23.1 Å². The van der Waals surface area contributed by atoms with E-state index in [0.717, 1.165) is 0 Å². The van der Waals surface area contributed by atoms with E-state index in [4.69, 9.17) is 0 Å². The highest BCUT2D eigenvalue weighted by atomic mass is 32.4. The molecular formula is C26H20O5P4. The molecule has 4 aromatic carbocycles. The van der Waals surface area contributed by atoms with Gasteiger partial charge in [-0.3, -0.25) is 18.5 Å². The minimum absolute atomic E-state index is 0.132. The molecule has 0 saturated heterocycles. The standard InChI is InChI=1S/C26H20O5P4/c27-25(20-16-18-24(19-17-20)35(31,32-28)33-29)26(21-10-4-1-5-11-21)34(30,22-12-6-2-7-13-22)23-14-8-3-9-15-23/h1-19,26H. The van der Waals surface area contributed by atoms with Gasteiger partial charge in [-0.05, 0) is 17.7 Å². The highest BCUT2D eigenvalue weighted by Gasteiger charge is 2.42. The van der Waals surface area contributed by atoms with E-state index in [0.29, 0.717) is 16.2 Å². The Kier molecular flexibility index (Phi) is 7.85. The first-order chi connectivity index (χ1) is 16.9. The predicted octanol–water partition coefficient (Wildman–Crippen LogP) is 7.03. The molecule has 35 heavy (non-hydrogen) atoms. The number of hydrogen-bond acceptors (Lipinski definition) is 5. The van der Waals surface area contributed by atoms with E-state index in [-0.39, 0.29) is 16.7 Å². The van der Waals surface area contributed by atoms with Gasteiger partial charge in [0.15, 0.2) is 12.9 Å². The molecule has 0 amide bonds. The Morgan fingerprint density at radius 3 is 1.43 bits per heavy atom. The third-order valence-corrected chi connectivity index (χ3v) is 14.5. The zero-order chi connectivity index (χ0) is 24.9. The van der Waals surface area contributed by atoms with E-state index in [9.17, 15) is 18.5 Å². The van der Waals surface area contributed by atoms with Crippen LogP contribution in [-0.4, -0.2) is 5.78 Å². The van der Waals surface area contributed by atoms with Gasteiger partial charge in [0.05, 0.1) is 0 Å². The van der Waals surface area contributed by atoms with Crippen LogP contribution in [0.4, 0.5) is 0 Å². The second-order valence-electron chi connectivity index (χ2n) is 7.76. The molecule has 0 spiro atoms. The van der Waals surface area contributed by atoms with Crippen molar-refractivity contribution in [3.05, 3.63) is 126 Å². The van der Waals surface area contributed by atoms with Crippen LogP contribution in [0.2, 0.25) is 0 Å². The zero-order valence-electron chi connectivity index (χ0n) is 18.4. The molecule has 0 aliphatic carbocycles. The molecule has 0 heterocycles. The topological polar surface area (TPSA) is 85.3 Å². The first-order valence-electron chi connectivity index (χ1n) is 10.6. The number of Topliss-reactive ketones (excluding diaryl/α,β-unsaturated/α-hetero) is 1. The number of rotatable bonds is 9. The van der Waals surface area contributed by atoms with Crippen molar-refractivity contribution in [3.63, 3.8) is 0 Å². The molecule has 4 aromatic rings. The molecule has 1 atom stereocenters. The van der Waals surface area contributed by atoms with E-state index in [1.807, 2.05) is 18.2 Å². The summed E-state index contributed by atoms with van der Waals surface area (Å²) in [6.07, 6.45) is 0. The maximum Gasteiger partial charge on any atom is 0.285 e. The zero-order valence-corrected chi connectivity index (χ0v) is 22.0. The molecule has 0 N–H and O–H groups in total. The first kappa shape index (κ1) is 25.3. The summed E-state index contributed by atoms with van der Waals surface area (Å²) in [7, 11) is -5.00. The fraction of sp³-hybridized carbons (Fsp3) is 0.0385. The van der Waals surface area contributed by atoms with E-state index in [1.54, 1.807) is 72.8 Å². The summed E-state index contributed by atoms with van der Waals surface area (Å²) in [5.41, 5.74) is -0.146. The Bertz CT molecular complexity index is 1380. The molecule has 1 unspecified atom stereocenters. The summed E-state index contributed by atoms with van der Waals surface area (Å²) in [6.45, 7) is -3.63. The van der Waals surface area contributed by atoms with Gasteiger partial charge in [0.1, 0.15) is 5.66 Å². The van der Waals surface area contributed by atoms with Crippen molar-refractivity contribution in [3.8, 4) is 0 Å². The van der Waals surface area contributed by atoms with Crippen LogP contribution >= 0.6 is 30.0 Å². The summed E-state index contributed by atoms with van der Waals surface area (Å²) in [6, 6.07) is 32.7. The number of hydrogen-bond donors (Lipinski definition) is 0. The second kappa shape index (κ2) is 10.9. The Hall–Kier alpha value is -2.79. The van der Waals surface area contributed by atoms with E-state index in [2.05, 4.69) is 0 Å². The van der Waals surface area contributed by atoms with Gasteiger partial charge in [-0.2, -0.15) is 0 Å². The molecule has 0 bridgehead atoms. The number of benzene rings is 4. The third kappa shape index (κ3) is 4.97. The van der Waals surface area contributed by atoms with Crippen molar-refractivity contribution in [1.29, 1.82) is 0 Å². The van der Waals surface area contributed by atoms with Crippen molar-refractivity contribution in [2.24, 2.45) is 0 Å². The van der Waals surface area contributed by atoms with Gasteiger partial charge in [0.25, 0.3) is 6.52 Å². The van der Waals surface area contributed by atoms with Crippen molar-refractivity contribution >= 4 is 51.7 Å². The molecule has 4 rings (SSSR count). The molecule has 0 aliphatic heterocycles. The summed E-state index contributed by atoms with van der Waals surface area (Å²) >= 11 is 0. The van der Waals surface area contributed by atoms with E-state index >= 15 is 4.57 Å². The van der Waals surface area contributed by atoms with Crippen molar-refractivity contribution in [2.75, 3.05) is 0 Å². The van der Waals surface area contributed by atoms with Crippen LogP contribution in [0.3, 0.4) is 0 Å². The summed E-state index contributed by atoms with van der Waals surface area (Å²) in [4.78, 5) is 14.1. The quantitative estimate of drug-likeness (QED) is 0.169. The van der Waals surface area contributed by atoms with Gasteiger partial charge >= 0.3 is 0 Å². The summed E-state index contributed by atoms with van der Waals surface area (Å²) < 4.78 is 50.3. The fourth-order valence-corrected chi connectivity index (χ4v) is 9.67. The number of ketones is 1. The molecule has 9 heteroatoms. The van der Waals surface area contributed by atoms with Crippen molar-refractivity contribution in [2.45, 2.75) is 5.66 Å². The lowest BCUT2D eigenvalue weighted by Crippen LogP contribution is -2.26. The van der Waals surface area contributed by atoms with Gasteiger partial charge in [0.2, 0.25) is 16.3 Å². The molecule has 0 radical (unpaired) electrons. The minimum Gasteiger partial charge on any atom is -0.313 e. The first-order valence-corrected chi connectivity index (χ1v) is 17.2. The van der Waals surface area contributed by atoms with E-state index in [1.165, 1.54) is 24.3 Å². The van der Waals surface area contributed by atoms with Gasteiger partial charge < -0.3 is 4.57 Å². The summed E-state index contributed by atoms with van der Waals surface area (Å²) in [5, 5.41) is 1.25. The Balaban J connectivity index is 1.92. The summed E-state index contributed by atoms with van der Waals surface area (Å²) in [5.74, 6) is -0.368. The predicted molar refractivity (Wildman–Crippen MR) is 142 cm³/mol. The fourth-order valence-electron chi connectivity index (χ4n) is 3.99. The van der Waals surface area contributed by atoms with Gasteiger partial charge in [-0.25, -0.2) is 0 Å². The average Bonchev–Trinajstić information content (AvgIpc) is 2.94. The number of carbonyl (C=O) groups is 1. The molecule has 174 valence electrons. The lowest BCUT2D eigenvalue weighted by molar-refractivity contribution is 0.0986. The largest absolute Gasteiger partial charge is 0.313 e. The molecular weight excluding hydrogens is 516 g/mol. The van der Waals surface area contributed by atoms with Crippen LogP contribution in [0.1, 0.15) is 21.6 Å².